The van der Waals surface area contributed by atoms with Gasteiger partial charge in [0.05, 0.1) is 6.21 Å². The van der Waals surface area contributed by atoms with Crippen molar-refractivity contribution in [2.24, 2.45) is 5.10 Å². The Balaban J connectivity index is 1.86. The van der Waals surface area contributed by atoms with Crippen molar-refractivity contribution >= 4 is 56.6 Å². The first-order chi connectivity index (χ1) is 16.0. The molecule has 0 heterocycles. The Morgan fingerprint density at radius 1 is 0.788 bits per heavy atom. The topological polar surface area (TPSA) is 77.4 Å². The van der Waals surface area contributed by atoms with Crippen molar-refractivity contribution in [1.29, 1.82) is 0 Å². The van der Waals surface area contributed by atoms with Crippen LogP contribution in [-0.2, 0) is 23.6 Å². The first kappa shape index (κ1) is 24.7. The number of benzene rings is 3. The molecule has 3 rings (SSSR count). The molecule has 3 aromatic rings. The molecular formula is C22H18N2O5P2S2. The highest BCUT2D eigenvalue weighted by Crippen LogP contribution is 2.51. The van der Waals surface area contributed by atoms with E-state index in [1.54, 1.807) is 73.9 Å². The summed E-state index contributed by atoms with van der Waals surface area (Å²) >= 11 is 10.6. The Bertz CT molecular complexity index is 1130. The number of nitrogens with zero attached hydrogens (tertiary/aromatic N) is 2. The predicted molar refractivity (Wildman–Crippen MR) is 136 cm³/mol. The summed E-state index contributed by atoms with van der Waals surface area (Å²) in [5, 5.41) is 4.43. The highest BCUT2D eigenvalue weighted by Gasteiger charge is 2.28. The van der Waals surface area contributed by atoms with E-state index in [4.69, 9.17) is 37.2 Å². The summed E-state index contributed by atoms with van der Waals surface area (Å²) in [6, 6.07) is 20.3. The third kappa shape index (κ3) is 7.01. The number of carbonyl (C=O) groups excluding carboxylic acids is 2. The van der Waals surface area contributed by atoms with E-state index in [0.717, 1.165) is 18.1 Å². The number of rotatable bonds is 11. The Hall–Kier alpha value is -2.96. The fourth-order valence-electron chi connectivity index (χ4n) is 2.49. The van der Waals surface area contributed by atoms with Crippen molar-refractivity contribution < 1.29 is 23.2 Å². The molecule has 33 heavy (non-hydrogen) atoms. The maximum Gasteiger partial charge on any atom is 0.410 e. The van der Waals surface area contributed by atoms with Gasteiger partial charge in [-0.2, -0.15) is 5.10 Å². The van der Waals surface area contributed by atoms with Gasteiger partial charge in [-0.3, -0.25) is 9.59 Å². The molecule has 0 atom stereocenters. The minimum atomic E-state index is -3.21. The molecule has 0 saturated heterocycles. The lowest BCUT2D eigenvalue weighted by atomic mass is 10.2. The minimum Gasteiger partial charge on any atom is -0.429 e. The third-order valence-corrected chi connectivity index (χ3v) is 7.59. The smallest absolute Gasteiger partial charge is 0.410 e. The van der Waals surface area contributed by atoms with Crippen LogP contribution in [0.25, 0.3) is 0 Å². The first-order valence-corrected chi connectivity index (χ1v) is 13.8. The van der Waals surface area contributed by atoms with Crippen LogP contribution >= 0.6 is 14.2 Å². The molecule has 0 bridgehead atoms. The van der Waals surface area contributed by atoms with E-state index < -0.39 is 6.64 Å². The van der Waals surface area contributed by atoms with E-state index in [2.05, 4.69) is 5.10 Å². The molecule has 0 aliphatic heterocycles. The summed E-state index contributed by atoms with van der Waals surface area (Å²) in [7, 11) is 2.06. The van der Waals surface area contributed by atoms with Gasteiger partial charge in [0.2, 0.25) is 7.58 Å². The summed E-state index contributed by atoms with van der Waals surface area (Å²) in [4.78, 5) is 21.9. The highest BCUT2D eigenvalue weighted by molar-refractivity contribution is 8.09. The van der Waals surface area contributed by atoms with Crippen LogP contribution in [0.1, 0.15) is 26.3 Å². The SMILES string of the molecule is CN(N=Cc1ccc(OP=S)cc1)P(=S)(Oc1ccc(C=O)cc1)Oc1ccc(C=O)cc1. The molecule has 0 aromatic heterocycles. The lowest BCUT2D eigenvalue weighted by Crippen LogP contribution is -2.17. The Morgan fingerprint density at radius 2 is 1.21 bits per heavy atom. The average molecular weight is 516 g/mol. The zero-order valence-corrected chi connectivity index (χ0v) is 20.7. The largest absolute Gasteiger partial charge is 0.429 e. The van der Waals surface area contributed by atoms with E-state index in [1.165, 1.54) is 4.78 Å². The van der Waals surface area contributed by atoms with Gasteiger partial charge in [0.1, 0.15) is 29.8 Å². The van der Waals surface area contributed by atoms with Gasteiger partial charge in [-0.05, 0) is 90.2 Å². The molecule has 0 radical (unpaired) electrons. The summed E-state index contributed by atoms with van der Waals surface area (Å²) in [5.74, 6) is 1.52. The molecule has 0 spiro atoms. The standard InChI is InChI=1S/C22H18N2O5P2S2/c1-24(23-14-17-2-8-20(9-3-17)27-30-32)31(33,28-21-10-4-18(15-25)5-11-21)29-22-12-6-19(16-26)7-13-22/h2-16H,1H3. The van der Waals surface area contributed by atoms with E-state index >= 15 is 0 Å². The van der Waals surface area contributed by atoms with E-state index in [0.29, 0.717) is 36.0 Å². The molecule has 0 fully saturated rings. The number of carbonyl (C=O) groups is 2. The lowest BCUT2D eigenvalue weighted by Gasteiger charge is -2.29. The zero-order chi connectivity index (χ0) is 23.7. The summed E-state index contributed by atoms with van der Waals surface area (Å²) < 4.78 is 18.8. The van der Waals surface area contributed by atoms with E-state index in [-0.39, 0.29) is 0 Å². The van der Waals surface area contributed by atoms with Crippen molar-refractivity contribution in [3.63, 3.8) is 0 Å². The van der Waals surface area contributed by atoms with Gasteiger partial charge in [-0.25, -0.2) is 4.78 Å². The Kier molecular flexibility index (Phi) is 8.80. The number of hydrogen-bond donors (Lipinski definition) is 0. The first-order valence-electron chi connectivity index (χ1n) is 9.43. The number of hydrogen-bond acceptors (Lipinski definition) is 8. The van der Waals surface area contributed by atoms with E-state index in [9.17, 15) is 9.59 Å². The number of hydrazone groups is 1. The second-order valence-electron chi connectivity index (χ2n) is 6.49. The maximum absolute atomic E-state index is 10.9. The Labute approximate surface area is 203 Å². The molecular weight excluding hydrogens is 498 g/mol. The lowest BCUT2D eigenvalue weighted by molar-refractivity contribution is 0.111. The molecule has 0 aliphatic rings. The van der Waals surface area contributed by atoms with Crippen LogP contribution < -0.4 is 13.6 Å². The zero-order valence-electron chi connectivity index (χ0n) is 17.3. The fourth-order valence-corrected chi connectivity index (χ4v) is 4.83. The van der Waals surface area contributed by atoms with Gasteiger partial charge in [0, 0.05) is 30.0 Å². The van der Waals surface area contributed by atoms with Gasteiger partial charge < -0.3 is 13.6 Å². The highest BCUT2D eigenvalue weighted by atomic mass is 32.5. The van der Waals surface area contributed by atoms with Gasteiger partial charge in [-0.15, -0.1) is 0 Å². The van der Waals surface area contributed by atoms with Crippen molar-refractivity contribution in [3.05, 3.63) is 89.5 Å². The van der Waals surface area contributed by atoms with Crippen LogP contribution in [-0.4, -0.2) is 30.6 Å². The fraction of sp³-hybridized carbons (Fsp3) is 0.0455. The monoisotopic (exact) mass is 516 g/mol. The van der Waals surface area contributed by atoms with Crippen molar-refractivity contribution in [1.82, 2.24) is 4.78 Å². The van der Waals surface area contributed by atoms with Crippen molar-refractivity contribution in [2.75, 3.05) is 7.05 Å². The quantitative estimate of drug-likeness (QED) is 0.140. The van der Waals surface area contributed by atoms with Crippen LogP contribution in [0.4, 0.5) is 0 Å². The van der Waals surface area contributed by atoms with Crippen LogP contribution in [0.3, 0.4) is 0 Å². The van der Waals surface area contributed by atoms with Gasteiger partial charge in [-0.1, -0.05) is 0 Å². The molecule has 7 nitrogen and oxygen atoms in total. The summed E-state index contributed by atoms with van der Waals surface area (Å²) in [5.41, 5.74) is 1.83. The molecule has 0 unspecified atom stereocenters. The molecule has 0 aliphatic carbocycles. The maximum atomic E-state index is 10.9. The average Bonchev–Trinajstić information content (AvgIpc) is 2.84. The molecule has 0 amide bonds. The summed E-state index contributed by atoms with van der Waals surface area (Å²) in [6.45, 7) is -3.21. The van der Waals surface area contributed by atoms with Crippen molar-refractivity contribution in [2.45, 2.75) is 0 Å². The number of aldehydes is 2. The van der Waals surface area contributed by atoms with Crippen LogP contribution in [0, 0.1) is 0 Å². The van der Waals surface area contributed by atoms with E-state index in [1.807, 2.05) is 12.1 Å². The van der Waals surface area contributed by atoms with Gasteiger partial charge in [0.15, 0.2) is 0 Å². The molecule has 0 N–H and O–H groups in total. The summed E-state index contributed by atoms with van der Waals surface area (Å²) in [6.07, 6.45) is 3.10. The van der Waals surface area contributed by atoms with Gasteiger partial charge >= 0.3 is 6.64 Å². The normalized spacial score (nSPS) is 11.2. The minimum absolute atomic E-state index is 0.400. The molecule has 0 saturated carbocycles. The van der Waals surface area contributed by atoms with Crippen molar-refractivity contribution in [3.8, 4) is 17.2 Å². The van der Waals surface area contributed by atoms with Gasteiger partial charge in [0.25, 0.3) is 0 Å². The predicted octanol–water partition coefficient (Wildman–Crippen LogP) is 5.66. The van der Waals surface area contributed by atoms with Crippen LogP contribution in [0.2, 0.25) is 0 Å². The van der Waals surface area contributed by atoms with Crippen LogP contribution in [0.15, 0.2) is 77.9 Å². The second-order valence-corrected chi connectivity index (χ2v) is 10.5. The third-order valence-electron chi connectivity index (χ3n) is 4.23. The second kappa shape index (κ2) is 11.8. The van der Waals surface area contributed by atoms with Crippen LogP contribution in [0.5, 0.6) is 17.2 Å². The molecule has 3 aromatic carbocycles. The molecule has 168 valence electrons. The Morgan fingerprint density at radius 3 is 1.64 bits per heavy atom. The molecule has 11 heteroatoms.